The number of nitrogens with zero attached hydrogens (tertiary/aromatic N) is 1. The molecule has 2 aromatic carbocycles. The van der Waals surface area contributed by atoms with Crippen LogP contribution < -0.4 is 10.4 Å². The fourth-order valence-electron chi connectivity index (χ4n) is 2.55. The van der Waals surface area contributed by atoms with Crippen molar-refractivity contribution in [2.24, 2.45) is 0 Å². The molecule has 0 radical (unpaired) electrons. The highest BCUT2D eigenvalue weighted by Gasteiger charge is 2.29. The van der Waals surface area contributed by atoms with E-state index in [0.717, 1.165) is 11.0 Å². The SMILES string of the molecule is CC(C)c1cc(C(=N)N(C(=N)ONCC(F)(F)F)c2ccc(S)cc2)c(O)cc1O. The molecule has 2 aromatic rings. The Hall–Kier alpha value is -2.92. The van der Waals surface area contributed by atoms with E-state index >= 15 is 0 Å². The number of nitrogens with one attached hydrogen (secondary N) is 3. The minimum absolute atomic E-state index is 0.0457. The molecule has 0 fully saturated rings. The summed E-state index contributed by atoms with van der Waals surface area (Å²) in [7, 11) is 0. The van der Waals surface area contributed by atoms with Crippen LogP contribution in [0.15, 0.2) is 41.3 Å². The number of hydrogen-bond donors (Lipinski definition) is 6. The lowest BCUT2D eigenvalue weighted by atomic mass is 9.98. The summed E-state index contributed by atoms with van der Waals surface area (Å²) in [6.07, 6.45) is -4.56. The summed E-state index contributed by atoms with van der Waals surface area (Å²) in [4.78, 5) is 6.18. The highest BCUT2D eigenvalue weighted by Crippen LogP contribution is 2.33. The third-order valence-electron chi connectivity index (χ3n) is 4.00. The number of benzene rings is 2. The molecule has 0 saturated carbocycles. The molecular weight excluding hydrogens is 421 g/mol. The summed E-state index contributed by atoms with van der Waals surface area (Å²) >= 11 is 4.16. The van der Waals surface area contributed by atoms with Crippen LogP contribution in [0.25, 0.3) is 0 Å². The van der Waals surface area contributed by atoms with Gasteiger partial charge in [-0.05, 0) is 41.8 Å². The second-order valence-corrected chi connectivity index (χ2v) is 7.14. The maximum atomic E-state index is 12.4. The number of anilines is 1. The van der Waals surface area contributed by atoms with Gasteiger partial charge in [-0.2, -0.15) is 13.2 Å². The molecule has 0 aliphatic heterocycles. The van der Waals surface area contributed by atoms with Crippen LogP contribution in [0.2, 0.25) is 0 Å². The average molecular weight is 442 g/mol. The van der Waals surface area contributed by atoms with Crippen LogP contribution in [-0.2, 0) is 4.84 Å². The van der Waals surface area contributed by atoms with Gasteiger partial charge in [0.1, 0.15) is 23.9 Å². The smallest absolute Gasteiger partial charge is 0.404 e. The zero-order valence-electron chi connectivity index (χ0n) is 16.1. The first kappa shape index (κ1) is 23.4. The molecule has 2 rings (SSSR count). The summed E-state index contributed by atoms with van der Waals surface area (Å²) in [6, 6.07) is 7.72. The van der Waals surface area contributed by atoms with Crippen LogP contribution in [0, 0.1) is 10.8 Å². The summed E-state index contributed by atoms with van der Waals surface area (Å²) in [5.41, 5.74) is 2.26. The molecule has 0 aliphatic carbocycles. The van der Waals surface area contributed by atoms with E-state index in [1.807, 2.05) is 0 Å². The summed E-state index contributed by atoms with van der Waals surface area (Å²) < 4.78 is 37.1. The van der Waals surface area contributed by atoms with Gasteiger partial charge in [0.2, 0.25) is 0 Å². The Balaban J connectivity index is 2.44. The van der Waals surface area contributed by atoms with Gasteiger partial charge >= 0.3 is 12.2 Å². The number of rotatable bonds is 5. The number of hydrogen-bond acceptors (Lipinski definition) is 7. The molecule has 0 heterocycles. The molecule has 0 saturated heterocycles. The number of thiol groups is 1. The highest BCUT2D eigenvalue weighted by molar-refractivity contribution is 7.80. The predicted octanol–water partition coefficient (Wildman–Crippen LogP) is 4.36. The second-order valence-electron chi connectivity index (χ2n) is 6.63. The maximum absolute atomic E-state index is 12.4. The standard InChI is InChI=1S/C19H21F3N4O3S/c1-10(2)13-7-14(16(28)8-15(13)27)17(23)26(11-3-5-12(30)6-4-11)18(24)29-25-9-19(20,21)22/h3-8,10,23-25,27-28,30H,9H2,1-2H3. The summed E-state index contributed by atoms with van der Waals surface area (Å²) in [6.45, 7) is 2.10. The molecular formula is C19H21F3N4O3S. The first-order valence-corrected chi connectivity index (χ1v) is 9.14. The second kappa shape index (κ2) is 9.26. The van der Waals surface area contributed by atoms with E-state index in [-0.39, 0.29) is 22.9 Å². The minimum Gasteiger partial charge on any atom is -0.508 e. The minimum atomic E-state index is -4.56. The van der Waals surface area contributed by atoms with Crippen LogP contribution in [0.1, 0.15) is 30.9 Å². The van der Waals surface area contributed by atoms with E-state index < -0.39 is 30.3 Å². The van der Waals surface area contributed by atoms with E-state index in [4.69, 9.17) is 15.7 Å². The molecule has 5 N–H and O–H groups in total. The predicted molar refractivity (Wildman–Crippen MR) is 110 cm³/mol. The number of halogens is 3. The molecule has 11 heteroatoms. The quantitative estimate of drug-likeness (QED) is 0.178. The van der Waals surface area contributed by atoms with E-state index in [0.29, 0.717) is 10.5 Å². The van der Waals surface area contributed by atoms with Crippen molar-refractivity contribution in [3.05, 3.63) is 47.5 Å². The number of phenols is 2. The van der Waals surface area contributed by atoms with Crippen molar-refractivity contribution in [2.45, 2.75) is 30.8 Å². The fraction of sp³-hybridized carbons (Fsp3) is 0.263. The lowest BCUT2D eigenvalue weighted by Crippen LogP contribution is -2.42. The van der Waals surface area contributed by atoms with Crippen molar-refractivity contribution in [2.75, 3.05) is 11.4 Å². The van der Waals surface area contributed by atoms with Crippen molar-refractivity contribution in [3.8, 4) is 11.5 Å². The van der Waals surface area contributed by atoms with Crippen molar-refractivity contribution in [1.29, 1.82) is 10.8 Å². The first-order valence-electron chi connectivity index (χ1n) is 8.69. The molecule has 0 bridgehead atoms. The molecule has 162 valence electrons. The Morgan fingerprint density at radius 3 is 2.27 bits per heavy atom. The molecule has 0 unspecified atom stereocenters. The van der Waals surface area contributed by atoms with Gasteiger partial charge in [-0.25, -0.2) is 10.3 Å². The number of phenolic OH excluding ortho intramolecular Hbond substituents is 2. The maximum Gasteiger partial charge on any atom is 0.404 e. The first-order chi connectivity index (χ1) is 13.9. The van der Waals surface area contributed by atoms with Crippen LogP contribution in [-0.4, -0.2) is 34.8 Å². The third-order valence-corrected chi connectivity index (χ3v) is 4.30. The van der Waals surface area contributed by atoms with E-state index in [9.17, 15) is 23.4 Å². The topological polar surface area (TPSA) is 113 Å². The normalized spacial score (nSPS) is 11.4. The summed E-state index contributed by atoms with van der Waals surface area (Å²) in [5, 5.41) is 36.8. The fourth-order valence-corrected chi connectivity index (χ4v) is 2.70. The Bertz CT molecular complexity index is 934. The lowest BCUT2D eigenvalue weighted by molar-refractivity contribution is -0.139. The van der Waals surface area contributed by atoms with Crippen molar-refractivity contribution in [3.63, 3.8) is 0 Å². The van der Waals surface area contributed by atoms with E-state index in [1.54, 1.807) is 31.5 Å². The lowest BCUT2D eigenvalue weighted by Gasteiger charge is -2.26. The van der Waals surface area contributed by atoms with Crippen LogP contribution in [0.4, 0.5) is 18.9 Å². The number of aromatic hydroxyl groups is 2. The number of alkyl halides is 3. The molecule has 30 heavy (non-hydrogen) atoms. The van der Waals surface area contributed by atoms with E-state index in [1.165, 1.54) is 18.2 Å². The Kier molecular flexibility index (Phi) is 7.21. The molecule has 0 aromatic heterocycles. The van der Waals surface area contributed by atoms with Gasteiger partial charge in [0.05, 0.1) is 11.3 Å². The van der Waals surface area contributed by atoms with Gasteiger partial charge < -0.3 is 15.1 Å². The van der Waals surface area contributed by atoms with Crippen LogP contribution >= 0.6 is 12.6 Å². The number of amidine groups is 2. The molecule has 0 amide bonds. The molecule has 0 spiro atoms. The monoisotopic (exact) mass is 442 g/mol. The van der Waals surface area contributed by atoms with Gasteiger partial charge in [-0.15, -0.1) is 18.1 Å². The Labute approximate surface area is 176 Å². The molecule has 0 atom stereocenters. The van der Waals surface area contributed by atoms with Gasteiger partial charge in [0, 0.05) is 11.0 Å². The zero-order valence-corrected chi connectivity index (χ0v) is 17.0. The number of hydroxylamine groups is 1. The van der Waals surface area contributed by atoms with Crippen molar-refractivity contribution >= 4 is 30.2 Å². The Morgan fingerprint density at radius 1 is 1.13 bits per heavy atom. The van der Waals surface area contributed by atoms with E-state index in [2.05, 4.69) is 12.6 Å². The van der Waals surface area contributed by atoms with Crippen molar-refractivity contribution < 1.29 is 28.2 Å². The van der Waals surface area contributed by atoms with Crippen LogP contribution in [0.3, 0.4) is 0 Å². The highest BCUT2D eigenvalue weighted by atomic mass is 32.1. The van der Waals surface area contributed by atoms with Crippen molar-refractivity contribution in [1.82, 2.24) is 5.48 Å². The van der Waals surface area contributed by atoms with Gasteiger partial charge in [-0.1, -0.05) is 13.8 Å². The van der Waals surface area contributed by atoms with Gasteiger partial charge in [0.15, 0.2) is 0 Å². The average Bonchev–Trinajstić information content (AvgIpc) is 2.62. The molecule has 0 aliphatic rings. The summed E-state index contributed by atoms with van der Waals surface area (Å²) in [5.74, 6) is -1.18. The molecule has 7 nitrogen and oxygen atoms in total. The van der Waals surface area contributed by atoms with Gasteiger partial charge in [-0.3, -0.25) is 5.41 Å². The Morgan fingerprint density at radius 2 is 1.73 bits per heavy atom. The van der Waals surface area contributed by atoms with Gasteiger partial charge in [0.25, 0.3) is 0 Å². The largest absolute Gasteiger partial charge is 0.508 e. The van der Waals surface area contributed by atoms with Crippen LogP contribution in [0.5, 0.6) is 11.5 Å². The third kappa shape index (κ3) is 5.80. The zero-order chi connectivity index (χ0) is 22.6.